The summed E-state index contributed by atoms with van der Waals surface area (Å²) in [6.45, 7) is 3.73. The van der Waals surface area contributed by atoms with Crippen LogP contribution in [0.25, 0.3) is 12.2 Å². The van der Waals surface area contributed by atoms with Crippen LogP contribution in [0.2, 0.25) is 25.1 Å². The van der Waals surface area contributed by atoms with E-state index in [2.05, 4.69) is 0 Å². The van der Waals surface area contributed by atoms with Crippen molar-refractivity contribution in [3.8, 4) is 0 Å². The van der Waals surface area contributed by atoms with Gasteiger partial charge in [0, 0.05) is 41.8 Å². The standard InChI is InChI=1S/C16H11Cl3O.C16H12Cl2O/c1-10-9-11(5-7-13(10)17)16(20)8-6-12-14(18)3-2-4-15(12)19;1-11-10-13(6-8-14(11)17)16(19)9-7-12-4-2-3-5-15(12)18/h2-9H,1H3;2-10H,1H3/b8-6+;9-7+. The van der Waals surface area contributed by atoms with E-state index in [-0.39, 0.29) is 11.6 Å². The van der Waals surface area contributed by atoms with Crippen LogP contribution in [0.1, 0.15) is 43.0 Å². The van der Waals surface area contributed by atoms with Gasteiger partial charge in [0.15, 0.2) is 11.6 Å². The molecule has 4 aromatic rings. The number of aryl methyl sites for hydroxylation is 2. The van der Waals surface area contributed by atoms with Crippen LogP contribution in [0.3, 0.4) is 0 Å². The van der Waals surface area contributed by atoms with Gasteiger partial charge in [0.2, 0.25) is 0 Å². The molecule has 0 bridgehead atoms. The van der Waals surface area contributed by atoms with Gasteiger partial charge in [-0.2, -0.15) is 0 Å². The highest BCUT2D eigenvalue weighted by Crippen LogP contribution is 2.26. The predicted octanol–water partition coefficient (Wildman–Crippen LogP) is 11.0. The summed E-state index contributed by atoms with van der Waals surface area (Å²) in [6.07, 6.45) is 6.31. The van der Waals surface area contributed by atoms with E-state index >= 15 is 0 Å². The molecule has 0 radical (unpaired) electrons. The van der Waals surface area contributed by atoms with Gasteiger partial charge in [0.1, 0.15) is 0 Å². The maximum absolute atomic E-state index is 12.1. The molecule has 39 heavy (non-hydrogen) atoms. The lowest BCUT2D eigenvalue weighted by molar-refractivity contribution is 0.103. The zero-order valence-electron chi connectivity index (χ0n) is 21.0. The molecule has 0 aromatic heterocycles. The molecule has 0 aliphatic rings. The Labute approximate surface area is 253 Å². The molecular weight excluding hydrogens is 594 g/mol. The molecular formula is C32H23Cl5O2. The molecule has 0 unspecified atom stereocenters. The van der Waals surface area contributed by atoms with E-state index in [1.807, 2.05) is 32.0 Å². The average molecular weight is 617 g/mol. The van der Waals surface area contributed by atoms with E-state index < -0.39 is 0 Å². The Morgan fingerprint density at radius 2 is 1.00 bits per heavy atom. The van der Waals surface area contributed by atoms with Crippen LogP contribution in [0.4, 0.5) is 0 Å². The number of rotatable bonds is 6. The first kappa shape index (κ1) is 30.7. The molecule has 4 rings (SSSR count). The maximum atomic E-state index is 12.1. The van der Waals surface area contributed by atoms with E-state index in [9.17, 15) is 9.59 Å². The summed E-state index contributed by atoms with van der Waals surface area (Å²) in [5, 5.41) is 2.94. The van der Waals surface area contributed by atoms with Gasteiger partial charge >= 0.3 is 0 Å². The quantitative estimate of drug-likeness (QED) is 0.160. The molecule has 0 saturated heterocycles. The Kier molecular flexibility index (Phi) is 11.4. The van der Waals surface area contributed by atoms with Crippen LogP contribution in [-0.4, -0.2) is 11.6 Å². The first-order valence-corrected chi connectivity index (χ1v) is 13.6. The minimum atomic E-state index is -0.124. The van der Waals surface area contributed by atoms with Gasteiger partial charge in [-0.3, -0.25) is 9.59 Å². The predicted molar refractivity (Wildman–Crippen MR) is 167 cm³/mol. The largest absolute Gasteiger partial charge is 0.289 e. The van der Waals surface area contributed by atoms with Crippen molar-refractivity contribution in [3.63, 3.8) is 0 Å². The highest BCUT2D eigenvalue weighted by atomic mass is 35.5. The number of carbonyl (C=O) groups is 2. The van der Waals surface area contributed by atoms with E-state index in [1.165, 1.54) is 12.2 Å². The fourth-order valence-electron chi connectivity index (χ4n) is 3.39. The molecule has 2 nitrogen and oxygen atoms in total. The number of allylic oxidation sites excluding steroid dienone is 2. The first-order valence-electron chi connectivity index (χ1n) is 11.7. The van der Waals surface area contributed by atoms with Gasteiger partial charge in [0.25, 0.3) is 0 Å². The Balaban J connectivity index is 0.000000216. The van der Waals surface area contributed by atoms with Gasteiger partial charge in [-0.15, -0.1) is 0 Å². The van der Waals surface area contributed by atoms with E-state index in [0.717, 1.165) is 16.7 Å². The third kappa shape index (κ3) is 8.83. The molecule has 0 spiro atoms. The van der Waals surface area contributed by atoms with Crippen molar-refractivity contribution >= 4 is 81.7 Å². The molecule has 198 valence electrons. The van der Waals surface area contributed by atoms with Gasteiger partial charge in [-0.05, 0) is 109 Å². The van der Waals surface area contributed by atoms with Crippen molar-refractivity contribution in [1.29, 1.82) is 0 Å². The molecule has 4 aromatic carbocycles. The summed E-state index contributed by atoms with van der Waals surface area (Å²) >= 11 is 30.0. The second kappa shape index (κ2) is 14.5. The smallest absolute Gasteiger partial charge is 0.185 e. The third-order valence-corrected chi connectivity index (χ3v) is 7.46. The summed E-state index contributed by atoms with van der Waals surface area (Å²) in [5.74, 6) is -0.194. The van der Waals surface area contributed by atoms with Gasteiger partial charge in [-0.1, -0.05) is 82.3 Å². The number of halogens is 5. The highest BCUT2D eigenvalue weighted by molar-refractivity contribution is 6.37. The SMILES string of the molecule is Cc1cc(C(=O)/C=C/c2c(Cl)cccc2Cl)ccc1Cl.Cc1cc(C(=O)/C=C/c2ccccc2Cl)ccc1Cl. The molecule has 0 atom stereocenters. The summed E-state index contributed by atoms with van der Waals surface area (Å²) in [7, 11) is 0. The zero-order valence-corrected chi connectivity index (χ0v) is 24.8. The summed E-state index contributed by atoms with van der Waals surface area (Å²) in [5.41, 5.74) is 4.40. The van der Waals surface area contributed by atoms with Crippen LogP contribution in [0.5, 0.6) is 0 Å². The van der Waals surface area contributed by atoms with Crippen molar-refractivity contribution in [2.24, 2.45) is 0 Å². The number of hydrogen-bond donors (Lipinski definition) is 0. The molecule has 0 aliphatic carbocycles. The normalized spacial score (nSPS) is 10.9. The minimum Gasteiger partial charge on any atom is -0.289 e. The van der Waals surface area contributed by atoms with Crippen molar-refractivity contribution in [3.05, 3.63) is 150 Å². The lowest BCUT2D eigenvalue weighted by Crippen LogP contribution is -1.95. The topological polar surface area (TPSA) is 34.1 Å². The van der Waals surface area contributed by atoms with E-state index in [0.29, 0.717) is 41.8 Å². The second-order valence-electron chi connectivity index (χ2n) is 8.48. The first-order chi connectivity index (χ1) is 18.6. The molecule has 0 fully saturated rings. The molecule has 0 N–H and O–H groups in total. The highest BCUT2D eigenvalue weighted by Gasteiger charge is 2.07. The minimum absolute atomic E-state index is 0.0697. The van der Waals surface area contributed by atoms with Crippen molar-refractivity contribution in [2.75, 3.05) is 0 Å². The van der Waals surface area contributed by atoms with Crippen molar-refractivity contribution < 1.29 is 9.59 Å². The Hall–Kier alpha value is -2.85. The van der Waals surface area contributed by atoms with Crippen LogP contribution < -0.4 is 0 Å². The number of hydrogen-bond acceptors (Lipinski definition) is 2. The fraction of sp³-hybridized carbons (Fsp3) is 0.0625. The average Bonchev–Trinajstić information content (AvgIpc) is 2.91. The van der Waals surface area contributed by atoms with Crippen molar-refractivity contribution in [1.82, 2.24) is 0 Å². The zero-order chi connectivity index (χ0) is 28.5. The van der Waals surface area contributed by atoms with Gasteiger partial charge in [0.05, 0.1) is 0 Å². The number of carbonyl (C=O) groups excluding carboxylic acids is 2. The second-order valence-corrected chi connectivity index (χ2v) is 10.5. The molecule has 7 heteroatoms. The molecule has 0 heterocycles. The number of benzene rings is 4. The maximum Gasteiger partial charge on any atom is 0.185 e. The molecule has 0 saturated carbocycles. The lowest BCUT2D eigenvalue weighted by atomic mass is 10.1. The van der Waals surface area contributed by atoms with Crippen LogP contribution in [0, 0.1) is 13.8 Å². The Bertz CT molecular complexity index is 1550. The monoisotopic (exact) mass is 614 g/mol. The molecule has 0 amide bonds. The Morgan fingerprint density at radius 1 is 0.538 bits per heavy atom. The van der Waals surface area contributed by atoms with Crippen LogP contribution >= 0.6 is 58.0 Å². The van der Waals surface area contributed by atoms with E-state index in [4.69, 9.17) is 58.0 Å². The van der Waals surface area contributed by atoms with Gasteiger partial charge in [-0.25, -0.2) is 0 Å². The van der Waals surface area contributed by atoms with E-state index in [1.54, 1.807) is 72.8 Å². The summed E-state index contributed by atoms with van der Waals surface area (Å²) < 4.78 is 0. The van der Waals surface area contributed by atoms with Crippen molar-refractivity contribution in [2.45, 2.75) is 13.8 Å². The van der Waals surface area contributed by atoms with Crippen LogP contribution in [-0.2, 0) is 0 Å². The Morgan fingerprint density at radius 3 is 1.49 bits per heavy atom. The van der Waals surface area contributed by atoms with Gasteiger partial charge < -0.3 is 0 Å². The lowest BCUT2D eigenvalue weighted by Gasteiger charge is -2.02. The molecule has 0 aliphatic heterocycles. The summed E-state index contributed by atoms with van der Waals surface area (Å²) in [4.78, 5) is 24.1. The summed E-state index contributed by atoms with van der Waals surface area (Å²) in [6, 6.07) is 23.0. The third-order valence-electron chi connectivity index (χ3n) is 5.61. The van der Waals surface area contributed by atoms with Crippen LogP contribution in [0.15, 0.2) is 91.0 Å². The fourth-order valence-corrected chi connectivity index (χ4v) is 4.35. The number of ketones is 2.